The first-order chi connectivity index (χ1) is 8.11. The molecule has 1 aliphatic heterocycles. The summed E-state index contributed by atoms with van der Waals surface area (Å²) in [6, 6.07) is 4.62. The second-order valence-electron chi connectivity index (χ2n) is 4.62. The molecular weight excluding hydrogens is 219 g/mol. The molecule has 1 aromatic rings. The van der Waals surface area contributed by atoms with Crippen molar-refractivity contribution < 1.29 is 9.18 Å². The first-order valence-electron chi connectivity index (χ1n) is 5.87. The lowest BCUT2D eigenvalue weighted by Crippen LogP contribution is -2.30. The van der Waals surface area contributed by atoms with Crippen molar-refractivity contribution in [2.24, 2.45) is 11.7 Å². The van der Waals surface area contributed by atoms with E-state index in [1.807, 2.05) is 6.92 Å². The summed E-state index contributed by atoms with van der Waals surface area (Å²) in [5.74, 6) is -0.314. The Labute approximate surface area is 100 Å². The second kappa shape index (κ2) is 4.84. The van der Waals surface area contributed by atoms with Crippen LogP contribution in [0.3, 0.4) is 0 Å². The fraction of sp³-hybridized carbons (Fsp3) is 0.462. The predicted molar refractivity (Wildman–Crippen MR) is 64.2 cm³/mol. The van der Waals surface area contributed by atoms with E-state index in [1.165, 1.54) is 6.07 Å². The Balaban J connectivity index is 2.17. The van der Waals surface area contributed by atoms with Crippen LogP contribution in [0.15, 0.2) is 18.2 Å². The zero-order valence-electron chi connectivity index (χ0n) is 9.95. The van der Waals surface area contributed by atoms with Crippen LogP contribution < -0.4 is 5.73 Å². The van der Waals surface area contributed by atoms with Crippen LogP contribution in [0.2, 0.25) is 0 Å². The lowest BCUT2D eigenvalue weighted by Gasteiger charge is -2.17. The Kier molecular flexibility index (Phi) is 3.43. The number of likely N-dealkylation sites (tertiary alicyclic amines) is 1. The van der Waals surface area contributed by atoms with Gasteiger partial charge in [-0.3, -0.25) is 4.79 Å². The molecule has 3 nitrogen and oxygen atoms in total. The molecule has 1 aliphatic rings. The van der Waals surface area contributed by atoms with Crippen LogP contribution >= 0.6 is 0 Å². The highest BCUT2D eigenvalue weighted by Gasteiger charge is 2.27. The van der Waals surface area contributed by atoms with Crippen LogP contribution in [-0.2, 0) is 0 Å². The molecule has 0 aliphatic carbocycles. The largest absolute Gasteiger partial charge is 0.338 e. The van der Waals surface area contributed by atoms with E-state index in [0.717, 1.165) is 12.0 Å². The van der Waals surface area contributed by atoms with Crippen molar-refractivity contribution in [1.29, 1.82) is 0 Å². The van der Waals surface area contributed by atoms with Crippen molar-refractivity contribution in [2.45, 2.75) is 13.3 Å². The highest BCUT2D eigenvalue weighted by Crippen LogP contribution is 2.19. The summed E-state index contributed by atoms with van der Waals surface area (Å²) in [5, 5.41) is 0. The van der Waals surface area contributed by atoms with Gasteiger partial charge in [-0.1, -0.05) is 11.6 Å². The number of amides is 1. The van der Waals surface area contributed by atoms with Gasteiger partial charge in [-0.25, -0.2) is 4.39 Å². The van der Waals surface area contributed by atoms with E-state index < -0.39 is 5.82 Å². The first kappa shape index (κ1) is 12.0. The summed E-state index contributed by atoms with van der Waals surface area (Å²) in [4.78, 5) is 13.8. The molecule has 0 bridgehead atoms. The number of aryl methyl sites for hydroxylation is 1. The monoisotopic (exact) mass is 236 g/mol. The second-order valence-corrected chi connectivity index (χ2v) is 4.62. The average Bonchev–Trinajstić information content (AvgIpc) is 2.80. The van der Waals surface area contributed by atoms with E-state index in [2.05, 4.69) is 0 Å². The molecule has 1 unspecified atom stereocenters. The van der Waals surface area contributed by atoms with Crippen molar-refractivity contribution >= 4 is 5.91 Å². The number of hydrogen-bond acceptors (Lipinski definition) is 2. The molecule has 2 rings (SSSR count). The number of rotatable bonds is 2. The molecule has 0 saturated carbocycles. The third-order valence-corrected chi connectivity index (χ3v) is 3.26. The predicted octanol–water partition coefficient (Wildman–Crippen LogP) is 1.55. The van der Waals surface area contributed by atoms with Gasteiger partial charge >= 0.3 is 0 Å². The topological polar surface area (TPSA) is 46.3 Å². The molecule has 1 atom stereocenters. The molecule has 17 heavy (non-hydrogen) atoms. The van der Waals surface area contributed by atoms with E-state index in [-0.39, 0.29) is 11.5 Å². The number of nitrogens with two attached hydrogens (primary N) is 1. The molecule has 1 heterocycles. The van der Waals surface area contributed by atoms with Crippen LogP contribution in [-0.4, -0.2) is 30.4 Å². The van der Waals surface area contributed by atoms with Gasteiger partial charge in [-0.2, -0.15) is 0 Å². The van der Waals surface area contributed by atoms with E-state index in [9.17, 15) is 9.18 Å². The molecule has 1 fully saturated rings. The van der Waals surface area contributed by atoms with Crippen molar-refractivity contribution in [1.82, 2.24) is 4.90 Å². The van der Waals surface area contributed by atoms with Gasteiger partial charge < -0.3 is 10.6 Å². The third-order valence-electron chi connectivity index (χ3n) is 3.26. The molecule has 92 valence electrons. The molecule has 2 N–H and O–H groups in total. The van der Waals surface area contributed by atoms with Crippen LogP contribution in [0, 0.1) is 18.7 Å². The molecule has 1 saturated heterocycles. The smallest absolute Gasteiger partial charge is 0.256 e. The zero-order chi connectivity index (χ0) is 12.4. The van der Waals surface area contributed by atoms with Crippen LogP contribution in [0.5, 0.6) is 0 Å². The van der Waals surface area contributed by atoms with Crippen molar-refractivity contribution in [2.75, 3.05) is 19.6 Å². The number of nitrogens with zero attached hydrogens (tertiary/aromatic N) is 1. The van der Waals surface area contributed by atoms with Gasteiger partial charge in [0.25, 0.3) is 5.91 Å². The van der Waals surface area contributed by atoms with Gasteiger partial charge in [0.1, 0.15) is 5.82 Å². The van der Waals surface area contributed by atoms with Gasteiger partial charge in [-0.15, -0.1) is 0 Å². The molecule has 1 amide bonds. The van der Waals surface area contributed by atoms with Gasteiger partial charge in [0.15, 0.2) is 0 Å². The minimum atomic E-state index is -0.447. The van der Waals surface area contributed by atoms with Crippen molar-refractivity contribution in [3.05, 3.63) is 35.1 Å². The SMILES string of the molecule is Cc1ccc(F)c(C(=O)N2CCC(CN)C2)c1. The van der Waals surface area contributed by atoms with Crippen molar-refractivity contribution in [3.8, 4) is 0 Å². The zero-order valence-corrected chi connectivity index (χ0v) is 9.95. The molecule has 0 radical (unpaired) electrons. The Morgan fingerprint density at radius 1 is 1.59 bits per heavy atom. The van der Waals surface area contributed by atoms with Crippen LogP contribution in [0.25, 0.3) is 0 Å². The molecule has 4 heteroatoms. The molecule has 1 aromatic carbocycles. The maximum atomic E-state index is 13.6. The average molecular weight is 236 g/mol. The fourth-order valence-corrected chi connectivity index (χ4v) is 2.18. The van der Waals surface area contributed by atoms with Gasteiger partial charge in [0.2, 0.25) is 0 Å². The summed E-state index contributed by atoms with van der Waals surface area (Å²) in [5.41, 5.74) is 6.64. The summed E-state index contributed by atoms with van der Waals surface area (Å²) in [6.07, 6.45) is 0.912. The van der Waals surface area contributed by atoms with E-state index in [0.29, 0.717) is 25.6 Å². The number of benzene rings is 1. The van der Waals surface area contributed by atoms with Gasteiger partial charge in [-0.05, 0) is 37.9 Å². The quantitative estimate of drug-likeness (QED) is 0.847. The number of hydrogen-bond donors (Lipinski definition) is 1. The number of carbonyl (C=O) groups is 1. The highest BCUT2D eigenvalue weighted by atomic mass is 19.1. The fourth-order valence-electron chi connectivity index (χ4n) is 2.18. The Morgan fingerprint density at radius 3 is 3.00 bits per heavy atom. The summed E-state index contributed by atoms with van der Waals surface area (Å²) < 4.78 is 13.6. The number of halogens is 1. The highest BCUT2D eigenvalue weighted by molar-refractivity contribution is 5.94. The normalized spacial score (nSPS) is 19.7. The van der Waals surface area contributed by atoms with Crippen LogP contribution in [0.4, 0.5) is 4.39 Å². The minimum absolute atomic E-state index is 0.169. The lowest BCUT2D eigenvalue weighted by molar-refractivity contribution is 0.0783. The summed E-state index contributed by atoms with van der Waals surface area (Å²) in [6.45, 7) is 3.75. The van der Waals surface area contributed by atoms with E-state index in [4.69, 9.17) is 5.73 Å². The Morgan fingerprint density at radius 2 is 2.35 bits per heavy atom. The molecular formula is C13H17FN2O. The lowest BCUT2D eigenvalue weighted by atomic mass is 10.1. The Bertz CT molecular complexity index is 433. The van der Waals surface area contributed by atoms with E-state index >= 15 is 0 Å². The standard InChI is InChI=1S/C13H17FN2O/c1-9-2-3-12(14)11(6-9)13(17)16-5-4-10(7-15)8-16/h2-3,6,10H,4-5,7-8,15H2,1H3. The maximum Gasteiger partial charge on any atom is 0.256 e. The first-order valence-corrected chi connectivity index (χ1v) is 5.87. The van der Waals surface area contributed by atoms with Crippen LogP contribution in [0.1, 0.15) is 22.3 Å². The third kappa shape index (κ3) is 2.47. The van der Waals surface area contributed by atoms with Gasteiger partial charge in [0, 0.05) is 13.1 Å². The Hall–Kier alpha value is -1.42. The summed E-state index contributed by atoms with van der Waals surface area (Å²) in [7, 11) is 0. The van der Waals surface area contributed by atoms with Crippen molar-refractivity contribution in [3.63, 3.8) is 0 Å². The summed E-state index contributed by atoms with van der Waals surface area (Å²) >= 11 is 0. The maximum absolute atomic E-state index is 13.6. The molecule has 0 spiro atoms. The minimum Gasteiger partial charge on any atom is -0.338 e. The van der Waals surface area contributed by atoms with E-state index in [1.54, 1.807) is 17.0 Å². The number of carbonyl (C=O) groups excluding carboxylic acids is 1. The van der Waals surface area contributed by atoms with Gasteiger partial charge in [0.05, 0.1) is 5.56 Å². The molecule has 0 aromatic heterocycles.